The molecule has 0 bridgehead atoms. The van der Waals surface area contributed by atoms with Crippen LogP contribution in [0, 0.1) is 0 Å². The molecule has 1 heteroatoms. The monoisotopic (exact) mass is 638 g/mol. The molecular weight excluding hydrogens is 609 g/mol. The molecule has 49 heavy (non-hydrogen) atoms. The maximum atomic E-state index is 2.44. The third-order valence-corrected chi connectivity index (χ3v) is 11.2. The van der Waals surface area contributed by atoms with Gasteiger partial charge in [0.25, 0.3) is 0 Å². The molecule has 1 aromatic heterocycles. The quantitative estimate of drug-likeness (QED) is 0.168. The lowest BCUT2D eigenvalue weighted by Gasteiger charge is -2.20. The van der Waals surface area contributed by atoms with Gasteiger partial charge >= 0.3 is 0 Å². The van der Waals surface area contributed by atoms with Gasteiger partial charge in [0.2, 0.25) is 0 Å². The fourth-order valence-electron chi connectivity index (χ4n) is 7.79. The Bertz CT molecular complexity index is 2870. The molecule has 0 nitrogen and oxygen atoms in total. The van der Waals surface area contributed by atoms with Crippen LogP contribution in [0.5, 0.6) is 0 Å². The van der Waals surface area contributed by atoms with Crippen LogP contribution in [0.25, 0.3) is 97.0 Å². The molecule has 0 aliphatic carbocycles. The molecule has 0 radical (unpaired) electrons. The molecule has 0 amide bonds. The highest BCUT2D eigenvalue weighted by atomic mass is 32.1. The summed E-state index contributed by atoms with van der Waals surface area (Å²) in [6, 6.07) is 67.1. The van der Waals surface area contributed by atoms with E-state index in [1.165, 1.54) is 97.0 Å². The second-order valence-corrected chi connectivity index (χ2v) is 13.9. The fourth-order valence-corrected chi connectivity index (χ4v) is 8.88. The average molecular weight is 639 g/mol. The van der Waals surface area contributed by atoms with E-state index in [1.807, 2.05) is 11.3 Å². The summed E-state index contributed by atoms with van der Waals surface area (Å²) in [5, 5.41) is 10.2. The standard InChI is InChI=1S/C48H30S/c1-2-12-31(13-3-1)33-16-10-17-36(28-33)47-40-20-6-7-21-41(40)48(39-22-11-15-32-14-4-5-18-37(32)39)42-26-24-34(30-44(42)47)35-25-27-46-43(29-35)38-19-8-9-23-45(38)49-46/h1-30H. The van der Waals surface area contributed by atoms with Crippen LogP contribution in [0.1, 0.15) is 0 Å². The van der Waals surface area contributed by atoms with Gasteiger partial charge in [0.15, 0.2) is 0 Å². The van der Waals surface area contributed by atoms with Crippen LogP contribution in [-0.2, 0) is 0 Å². The van der Waals surface area contributed by atoms with Crippen LogP contribution < -0.4 is 0 Å². The summed E-state index contributed by atoms with van der Waals surface area (Å²) in [6.07, 6.45) is 0. The molecule has 0 saturated heterocycles. The molecule has 0 spiro atoms. The van der Waals surface area contributed by atoms with Gasteiger partial charge in [0.1, 0.15) is 0 Å². The summed E-state index contributed by atoms with van der Waals surface area (Å²) in [5.41, 5.74) is 9.96. The molecule has 10 rings (SSSR count). The van der Waals surface area contributed by atoms with E-state index in [0.717, 1.165) is 0 Å². The van der Waals surface area contributed by atoms with E-state index in [2.05, 4.69) is 182 Å². The lowest BCUT2D eigenvalue weighted by atomic mass is 9.83. The first-order valence-corrected chi connectivity index (χ1v) is 17.7. The smallest absolute Gasteiger partial charge is 0.0355 e. The van der Waals surface area contributed by atoms with Gasteiger partial charge in [-0.3, -0.25) is 0 Å². The predicted octanol–water partition coefficient (Wildman–Crippen LogP) is 14.2. The molecule has 0 aliphatic heterocycles. The van der Waals surface area contributed by atoms with Crippen molar-refractivity contribution in [1.82, 2.24) is 0 Å². The summed E-state index contributed by atoms with van der Waals surface area (Å²) in [7, 11) is 0. The van der Waals surface area contributed by atoms with E-state index in [-0.39, 0.29) is 0 Å². The van der Waals surface area contributed by atoms with Crippen molar-refractivity contribution in [3.8, 4) is 44.5 Å². The Labute approximate surface area is 289 Å². The van der Waals surface area contributed by atoms with Gasteiger partial charge in [-0.1, -0.05) is 152 Å². The number of fused-ring (bicyclic) bond motifs is 6. The zero-order valence-corrected chi connectivity index (χ0v) is 27.5. The first-order chi connectivity index (χ1) is 24.3. The highest BCUT2D eigenvalue weighted by Crippen LogP contribution is 2.47. The van der Waals surface area contributed by atoms with Gasteiger partial charge in [-0.2, -0.15) is 0 Å². The molecule has 9 aromatic carbocycles. The number of benzene rings is 9. The van der Waals surface area contributed by atoms with Crippen molar-refractivity contribution in [1.29, 1.82) is 0 Å². The first kappa shape index (κ1) is 28.0. The van der Waals surface area contributed by atoms with Gasteiger partial charge in [0.05, 0.1) is 0 Å². The molecule has 10 aromatic rings. The number of hydrogen-bond donors (Lipinski definition) is 0. The minimum absolute atomic E-state index is 1.22. The lowest BCUT2D eigenvalue weighted by Crippen LogP contribution is -1.93. The zero-order chi connectivity index (χ0) is 32.3. The highest BCUT2D eigenvalue weighted by molar-refractivity contribution is 7.25. The SMILES string of the molecule is c1ccc(-c2cccc(-c3c4ccccc4c(-c4cccc5ccccc45)c4ccc(-c5ccc6sc7ccccc7c6c5)cc34)c2)cc1. The van der Waals surface area contributed by atoms with E-state index in [4.69, 9.17) is 0 Å². The van der Waals surface area contributed by atoms with Crippen LogP contribution in [0.2, 0.25) is 0 Å². The number of hydrogen-bond acceptors (Lipinski definition) is 1. The summed E-state index contributed by atoms with van der Waals surface area (Å²) < 4.78 is 2.66. The first-order valence-electron chi connectivity index (χ1n) is 16.8. The van der Waals surface area contributed by atoms with Crippen molar-refractivity contribution >= 4 is 63.8 Å². The Morgan fingerprint density at radius 1 is 0.265 bits per heavy atom. The minimum Gasteiger partial charge on any atom is -0.135 e. The molecule has 228 valence electrons. The Morgan fingerprint density at radius 3 is 1.67 bits per heavy atom. The largest absolute Gasteiger partial charge is 0.135 e. The Morgan fingerprint density at radius 2 is 0.816 bits per heavy atom. The van der Waals surface area contributed by atoms with Crippen molar-refractivity contribution < 1.29 is 0 Å². The molecule has 0 saturated carbocycles. The van der Waals surface area contributed by atoms with Crippen LogP contribution >= 0.6 is 11.3 Å². The van der Waals surface area contributed by atoms with Crippen LogP contribution in [0.3, 0.4) is 0 Å². The molecule has 0 atom stereocenters. The van der Waals surface area contributed by atoms with Crippen molar-refractivity contribution in [2.75, 3.05) is 0 Å². The number of rotatable bonds is 4. The molecule has 0 fully saturated rings. The summed E-state index contributed by atoms with van der Waals surface area (Å²) in [5.74, 6) is 0. The normalized spacial score (nSPS) is 11.7. The van der Waals surface area contributed by atoms with Gasteiger partial charge in [0, 0.05) is 20.2 Å². The summed E-state index contributed by atoms with van der Waals surface area (Å²) in [4.78, 5) is 0. The van der Waals surface area contributed by atoms with Crippen LogP contribution in [-0.4, -0.2) is 0 Å². The average Bonchev–Trinajstić information content (AvgIpc) is 3.55. The van der Waals surface area contributed by atoms with Crippen LogP contribution in [0.4, 0.5) is 0 Å². The summed E-state index contributed by atoms with van der Waals surface area (Å²) in [6.45, 7) is 0. The third-order valence-electron chi connectivity index (χ3n) is 10.1. The van der Waals surface area contributed by atoms with E-state index in [9.17, 15) is 0 Å². The van der Waals surface area contributed by atoms with E-state index >= 15 is 0 Å². The number of thiophene rings is 1. The maximum absolute atomic E-state index is 2.44. The van der Waals surface area contributed by atoms with E-state index < -0.39 is 0 Å². The molecule has 0 N–H and O–H groups in total. The third kappa shape index (κ3) is 4.58. The predicted molar refractivity (Wildman–Crippen MR) is 214 cm³/mol. The Hall–Kier alpha value is -6.02. The van der Waals surface area contributed by atoms with Gasteiger partial charge in [-0.15, -0.1) is 11.3 Å². The molecule has 0 unspecified atom stereocenters. The van der Waals surface area contributed by atoms with Gasteiger partial charge in [-0.25, -0.2) is 0 Å². The zero-order valence-electron chi connectivity index (χ0n) is 26.7. The fraction of sp³-hybridized carbons (Fsp3) is 0. The summed E-state index contributed by atoms with van der Waals surface area (Å²) >= 11 is 1.87. The van der Waals surface area contributed by atoms with E-state index in [1.54, 1.807) is 0 Å². The minimum atomic E-state index is 1.22. The van der Waals surface area contributed by atoms with Crippen molar-refractivity contribution in [2.24, 2.45) is 0 Å². The Kier molecular flexibility index (Phi) is 6.47. The Balaban J connectivity index is 1.30. The van der Waals surface area contributed by atoms with Crippen molar-refractivity contribution in [3.63, 3.8) is 0 Å². The highest BCUT2D eigenvalue weighted by Gasteiger charge is 2.19. The van der Waals surface area contributed by atoms with Crippen LogP contribution in [0.15, 0.2) is 182 Å². The van der Waals surface area contributed by atoms with Crippen molar-refractivity contribution in [3.05, 3.63) is 182 Å². The second-order valence-electron chi connectivity index (χ2n) is 12.8. The lowest BCUT2D eigenvalue weighted by molar-refractivity contribution is 1.61. The van der Waals surface area contributed by atoms with Gasteiger partial charge < -0.3 is 0 Å². The molecule has 1 heterocycles. The molecule has 0 aliphatic rings. The molecular formula is C48H30S. The van der Waals surface area contributed by atoms with E-state index in [0.29, 0.717) is 0 Å². The maximum Gasteiger partial charge on any atom is 0.0355 e. The topological polar surface area (TPSA) is 0 Å². The second kappa shape index (κ2) is 11.3. The van der Waals surface area contributed by atoms with Gasteiger partial charge in [-0.05, 0) is 107 Å². The van der Waals surface area contributed by atoms with Crippen molar-refractivity contribution in [2.45, 2.75) is 0 Å².